The third-order valence-corrected chi connectivity index (χ3v) is 4.78. The van der Waals surface area contributed by atoms with Crippen molar-refractivity contribution in [1.29, 1.82) is 0 Å². The molecule has 2 aromatic rings. The van der Waals surface area contributed by atoms with Gasteiger partial charge >= 0.3 is 5.97 Å². The summed E-state index contributed by atoms with van der Waals surface area (Å²) in [7, 11) is 0. The molecule has 0 aromatic heterocycles. The monoisotopic (exact) mass is 347 g/mol. The van der Waals surface area contributed by atoms with Crippen molar-refractivity contribution in [2.24, 2.45) is 0 Å². The molecule has 1 aliphatic rings. The molecule has 24 heavy (non-hydrogen) atoms. The molecule has 0 saturated carbocycles. The number of benzene rings is 2. The van der Waals surface area contributed by atoms with Gasteiger partial charge in [0, 0.05) is 6.54 Å². The highest BCUT2D eigenvalue weighted by Crippen LogP contribution is 2.33. The Morgan fingerprint density at radius 1 is 1.17 bits per heavy atom. The number of carbonyl (C=O) groups is 1. The van der Waals surface area contributed by atoms with Gasteiger partial charge < -0.3 is 10.4 Å². The summed E-state index contributed by atoms with van der Waals surface area (Å²) < 4.78 is 13.8. The molecular weight excluding hydrogens is 329 g/mol. The minimum Gasteiger partial charge on any atom is -0.478 e. The van der Waals surface area contributed by atoms with Crippen molar-refractivity contribution in [3.63, 3.8) is 0 Å². The molecule has 0 bridgehead atoms. The fourth-order valence-electron chi connectivity index (χ4n) is 3.20. The lowest BCUT2D eigenvalue weighted by molar-refractivity contribution is 0.0692. The fraction of sp³-hybridized carbons (Fsp3) is 0.316. The Bertz CT molecular complexity index is 776. The van der Waals surface area contributed by atoms with Crippen molar-refractivity contribution in [2.75, 3.05) is 5.32 Å². The largest absolute Gasteiger partial charge is 0.478 e. The van der Waals surface area contributed by atoms with Crippen LogP contribution < -0.4 is 5.32 Å². The highest BCUT2D eigenvalue weighted by Gasteiger charge is 2.15. The van der Waals surface area contributed by atoms with Gasteiger partial charge in [0.05, 0.1) is 16.3 Å². The van der Waals surface area contributed by atoms with Gasteiger partial charge in [0.2, 0.25) is 0 Å². The lowest BCUT2D eigenvalue weighted by Crippen LogP contribution is -2.07. The van der Waals surface area contributed by atoms with Crippen LogP contribution in [0.15, 0.2) is 30.3 Å². The van der Waals surface area contributed by atoms with E-state index in [4.69, 9.17) is 16.7 Å². The van der Waals surface area contributed by atoms with Gasteiger partial charge in [0.15, 0.2) is 0 Å². The number of halogens is 2. The Morgan fingerprint density at radius 2 is 1.96 bits per heavy atom. The van der Waals surface area contributed by atoms with E-state index in [1.54, 1.807) is 6.07 Å². The summed E-state index contributed by atoms with van der Waals surface area (Å²) in [5.74, 6) is -1.98. The van der Waals surface area contributed by atoms with E-state index in [2.05, 4.69) is 11.4 Å². The molecule has 0 saturated heterocycles. The number of carboxylic acids is 1. The number of fused-ring (bicyclic) bond motifs is 1. The zero-order valence-corrected chi connectivity index (χ0v) is 14.0. The standard InChI is InChI=1S/C19H19ClFNO2/c20-16-9-7-13-4-2-1-3-5-14(13)18(16)22-11-12-6-8-15(19(23)24)17(21)10-12/h6-10,22H,1-5,11H2,(H,23,24). The van der Waals surface area contributed by atoms with Crippen LogP contribution in [0.4, 0.5) is 10.1 Å². The molecule has 3 nitrogen and oxygen atoms in total. The summed E-state index contributed by atoms with van der Waals surface area (Å²) in [4.78, 5) is 10.9. The zero-order valence-electron chi connectivity index (χ0n) is 13.2. The summed E-state index contributed by atoms with van der Waals surface area (Å²) in [5, 5.41) is 12.9. The van der Waals surface area contributed by atoms with Crippen LogP contribution in [0.3, 0.4) is 0 Å². The molecule has 5 heteroatoms. The van der Waals surface area contributed by atoms with Crippen LogP contribution in [0.25, 0.3) is 0 Å². The number of aryl methyl sites for hydroxylation is 1. The first-order chi connectivity index (χ1) is 11.6. The second kappa shape index (κ2) is 7.22. The molecule has 0 fully saturated rings. The van der Waals surface area contributed by atoms with E-state index in [0.29, 0.717) is 17.1 Å². The molecule has 126 valence electrons. The van der Waals surface area contributed by atoms with Crippen molar-refractivity contribution in [1.82, 2.24) is 0 Å². The number of aromatic carboxylic acids is 1. The Balaban J connectivity index is 1.82. The predicted molar refractivity (Wildman–Crippen MR) is 93.4 cm³/mol. The van der Waals surface area contributed by atoms with Crippen molar-refractivity contribution >= 4 is 23.3 Å². The molecule has 0 spiro atoms. The third-order valence-electron chi connectivity index (χ3n) is 4.47. The topological polar surface area (TPSA) is 49.3 Å². The molecule has 1 aliphatic carbocycles. The maximum Gasteiger partial charge on any atom is 0.338 e. The summed E-state index contributed by atoms with van der Waals surface area (Å²) in [5.41, 5.74) is 3.86. The average Bonchev–Trinajstić information content (AvgIpc) is 2.79. The molecular formula is C19H19ClFNO2. The van der Waals surface area contributed by atoms with Crippen molar-refractivity contribution < 1.29 is 14.3 Å². The van der Waals surface area contributed by atoms with E-state index in [9.17, 15) is 9.18 Å². The molecule has 0 atom stereocenters. The van der Waals surface area contributed by atoms with E-state index in [1.165, 1.54) is 36.1 Å². The molecule has 0 radical (unpaired) electrons. The number of anilines is 1. The number of carboxylic acid groups (broad SMARTS) is 1. The summed E-state index contributed by atoms with van der Waals surface area (Å²) in [6.07, 6.45) is 5.60. The zero-order chi connectivity index (χ0) is 17.1. The normalized spacial score (nSPS) is 13.9. The first-order valence-electron chi connectivity index (χ1n) is 8.12. The lowest BCUT2D eigenvalue weighted by Gasteiger charge is -2.16. The SMILES string of the molecule is O=C(O)c1ccc(CNc2c(Cl)ccc3c2CCCCC3)cc1F. The van der Waals surface area contributed by atoms with Crippen molar-refractivity contribution in [2.45, 2.75) is 38.6 Å². The van der Waals surface area contributed by atoms with Gasteiger partial charge in [-0.05, 0) is 60.6 Å². The van der Waals surface area contributed by atoms with Crippen molar-refractivity contribution in [3.8, 4) is 0 Å². The number of nitrogens with one attached hydrogen (secondary N) is 1. The minimum absolute atomic E-state index is 0.314. The quantitative estimate of drug-likeness (QED) is 0.760. The molecule has 0 amide bonds. The summed E-state index contributed by atoms with van der Waals surface area (Å²) in [6.45, 7) is 0.396. The second-order valence-electron chi connectivity index (χ2n) is 6.09. The van der Waals surface area contributed by atoms with E-state index in [0.717, 1.165) is 24.9 Å². The van der Waals surface area contributed by atoms with Crippen LogP contribution in [0.2, 0.25) is 5.02 Å². The van der Waals surface area contributed by atoms with E-state index in [-0.39, 0.29) is 5.56 Å². The molecule has 2 aromatic carbocycles. The molecule has 0 aliphatic heterocycles. The number of rotatable bonds is 4. The van der Waals surface area contributed by atoms with Crippen LogP contribution in [0.5, 0.6) is 0 Å². The predicted octanol–water partition coefficient (Wildman–Crippen LogP) is 5.06. The van der Waals surface area contributed by atoms with E-state index in [1.807, 2.05) is 6.07 Å². The lowest BCUT2D eigenvalue weighted by atomic mass is 10.0. The van der Waals surface area contributed by atoms with Gasteiger partial charge in [-0.3, -0.25) is 0 Å². The Morgan fingerprint density at radius 3 is 2.71 bits per heavy atom. The fourth-order valence-corrected chi connectivity index (χ4v) is 3.44. The van der Waals surface area contributed by atoms with E-state index >= 15 is 0 Å². The number of hydrogen-bond donors (Lipinski definition) is 2. The van der Waals surface area contributed by atoms with Crippen LogP contribution in [-0.2, 0) is 19.4 Å². The summed E-state index contributed by atoms with van der Waals surface area (Å²) in [6, 6.07) is 8.17. The van der Waals surface area contributed by atoms with Gasteiger partial charge in [-0.15, -0.1) is 0 Å². The molecule has 2 N–H and O–H groups in total. The molecule has 0 heterocycles. The van der Waals surface area contributed by atoms with Crippen molar-refractivity contribution in [3.05, 3.63) is 63.4 Å². The van der Waals surface area contributed by atoms with Crippen LogP contribution in [-0.4, -0.2) is 11.1 Å². The van der Waals surface area contributed by atoms with Gasteiger partial charge in [0.1, 0.15) is 5.82 Å². The Kier molecular flexibility index (Phi) is 5.05. The van der Waals surface area contributed by atoms with Gasteiger partial charge in [0.25, 0.3) is 0 Å². The smallest absolute Gasteiger partial charge is 0.338 e. The Labute approximate surface area is 145 Å². The summed E-state index contributed by atoms with van der Waals surface area (Å²) >= 11 is 6.36. The minimum atomic E-state index is -1.26. The highest BCUT2D eigenvalue weighted by atomic mass is 35.5. The third kappa shape index (κ3) is 3.54. The van der Waals surface area contributed by atoms with Gasteiger partial charge in [-0.1, -0.05) is 30.2 Å². The second-order valence-corrected chi connectivity index (χ2v) is 6.50. The average molecular weight is 348 g/mol. The highest BCUT2D eigenvalue weighted by molar-refractivity contribution is 6.33. The van der Waals surface area contributed by atoms with Crippen LogP contribution in [0, 0.1) is 5.82 Å². The van der Waals surface area contributed by atoms with Gasteiger partial charge in [-0.2, -0.15) is 0 Å². The maximum atomic E-state index is 13.8. The Hall–Kier alpha value is -2.07. The molecule has 3 rings (SSSR count). The molecule has 0 unspecified atom stereocenters. The first kappa shape index (κ1) is 16.8. The van der Waals surface area contributed by atoms with Crippen LogP contribution in [0.1, 0.15) is 46.3 Å². The number of hydrogen-bond acceptors (Lipinski definition) is 2. The van der Waals surface area contributed by atoms with Gasteiger partial charge in [-0.25, -0.2) is 9.18 Å². The van der Waals surface area contributed by atoms with E-state index < -0.39 is 11.8 Å². The van der Waals surface area contributed by atoms with Crippen LogP contribution >= 0.6 is 11.6 Å². The first-order valence-corrected chi connectivity index (χ1v) is 8.50. The maximum absolute atomic E-state index is 13.8.